The van der Waals surface area contributed by atoms with Crippen molar-refractivity contribution >= 4 is 29.2 Å². The Kier molecular flexibility index (Phi) is 3.57. The minimum Gasteiger partial charge on any atom is -0.469 e. The number of aldehydes is 1. The lowest BCUT2D eigenvalue weighted by Crippen LogP contribution is -1.96. The van der Waals surface area contributed by atoms with Gasteiger partial charge in [0.25, 0.3) is 0 Å². The number of fused-ring (bicyclic) bond motifs is 1. The first-order chi connectivity index (χ1) is 8.74. The van der Waals surface area contributed by atoms with Crippen LogP contribution in [-0.4, -0.2) is 24.3 Å². The third-order valence-corrected chi connectivity index (χ3v) is 2.69. The minimum atomic E-state index is -0.268. The van der Waals surface area contributed by atoms with Crippen molar-refractivity contribution in [2.24, 2.45) is 0 Å². The van der Waals surface area contributed by atoms with Gasteiger partial charge in [0.1, 0.15) is 0 Å². The molecule has 4 nitrogen and oxygen atoms in total. The highest BCUT2D eigenvalue weighted by molar-refractivity contribution is 5.97. The molecule has 2 aromatic rings. The van der Waals surface area contributed by atoms with Crippen molar-refractivity contribution < 1.29 is 14.3 Å². The normalized spacial score (nSPS) is 10.9. The molecule has 0 unspecified atom stereocenters. The summed E-state index contributed by atoms with van der Waals surface area (Å²) < 4.78 is 4.54. The number of carbonyl (C=O) groups is 2. The molecule has 0 aliphatic heterocycles. The van der Waals surface area contributed by atoms with E-state index in [0.29, 0.717) is 5.56 Å². The molecule has 0 saturated carbocycles. The molecular weight excluding hydrogens is 230 g/mol. The SMILES string of the molecule is COC(=O)CC=Cc1ccc2c(C=O)c[nH]c2c1. The van der Waals surface area contributed by atoms with Crippen molar-refractivity contribution in [1.29, 1.82) is 0 Å². The summed E-state index contributed by atoms with van der Waals surface area (Å²) in [6, 6.07) is 5.71. The fraction of sp³-hybridized carbons (Fsp3) is 0.143. The number of methoxy groups -OCH3 is 1. The highest BCUT2D eigenvalue weighted by Gasteiger charge is 2.02. The van der Waals surface area contributed by atoms with E-state index in [0.717, 1.165) is 22.8 Å². The number of aromatic amines is 1. The average molecular weight is 243 g/mol. The van der Waals surface area contributed by atoms with Crippen molar-refractivity contribution in [3.05, 3.63) is 41.6 Å². The standard InChI is InChI=1S/C14H13NO3/c1-18-14(17)4-2-3-10-5-6-12-11(9-16)8-15-13(12)7-10/h2-3,5-9,15H,4H2,1H3. The van der Waals surface area contributed by atoms with Gasteiger partial charge in [0, 0.05) is 22.7 Å². The van der Waals surface area contributed by atoms with Crippen LogP contribution in [0.4, 0.5) is 0 Å². The van der Waals surface area contributed by atoms with Crippen LogP contribution >= 0.6 is 0 Å². The maximum atomic E-state index is 10.9. The van der Waals surface area contributed by atoms with E-state index < -0.39 is 0 Å². The number of rotatable bonds is 4. The molecule has 1 aromatic carbocycles. The van der Waals surface area contributed by atoms with E-state index in [9.17, 15) is 9.59 Å². The Hall–Kier alpha value is -2.36. The number of esters is 1. The first-order valence-corrected chi connectivity index (χ1v) is 5.54. The Bertz CT molecular complexity index is 611. The number of aromatic nitrogens is 1. The van der Waals surface area contributed by atoms with Crippen molar-refractivity contribution in [3.63, 3.8) is 0 Å². The van der Waals surface area contributed by atoms with Gasteiger partial charge in [-0.3, -0.25) is 9.59 Å². The molecule has 0 aliphatic carbocycles. The van der Waals surface area contributed by atoms with E-state index >= 15 is 0 Å². The predicted molar refractivity (Wildman–Crippen MR) is 69.4 cm³/mol. The molecule has 2 rings (SSSR count). The summed E-state index contributed by atoms with van der Waals surface area (Å²) in [6.45, 7) is 0. The molecule has 0 bridgehead atoms. The Balaban J connectivity index is 2.20. The molecule has 0 aliphatic rings. The summed E-state index contributed by atoms with van der Waals surface area (Å²) in [6.07, 6.45) is 6.35. The molecule has 1 heterocycles. The lowest BCUT2D eigenvalue weighted by Gasteiger charge is -1.96. The largest absolute Gasteiger partial charge is 0.469 e. The number of ether oxygens (including phenoxy) is 1. The van der Waals surface area contributed by atoms with Crippen LogP contribution in [0.2, 0.25) is 0 Å². The number of hydrogen-bond donors (Lipinski definition) is 1. The van der Waals surface area contributed by atoms with Crippen molar-refractivity contribution in [2.45, 2.75) is 6.42 Å². The molecule has 18 heavy (non-hydrogen) atoms. The van der Waals surface area contributed by atoms with Crippen LogP contribution in [0.5, 0.6) is 0 Å². The molecule has 4 heteroatoms. The molecule has 1 N–H and O–H groups in total. The Morgan fingerprint density at radius 2 is 2.28 bits per heavy atom. The van der Waals surface area contributed by atoms with Gasteiger partial charge in [-0.15, -0.1) is 0 Å². The fourth-order valence-corrected chi connectivity index (χ4v) is 1.74. The summed E-state index contributed by atoms with van der Waals surface area (Å²) in [5.41, 5.74) is 2.51. The number of benzene rings is 1. The Labute approximate surface area is 104 Å². The summed E-state index contributed by atoms with van der Waals surface area (Å²) in [5, 5.41) is 0.898. The fourth-order valence-electron chi connectivity index (χ4n) is 1.74. The number of hydrogen-bond acceptors (Lipinski definition) is 3. The first-order valence-electron chi connectivity index (χ1n) is 5.54. The maximum absolute atomic E-state index is 10.9. The van der Waals surface area contributed by atoms with Gasteiger partial charge in [0.05, 0.1) is 13.5 Å². The second-order valence-corrected chi connectivity index (χ2v) is 3.85. The van der Waals surface area contributed by atoms with E-state index in [4.69, 9.17) is 0 Å². The molecular formula is C14H13NO3. The van der Waals surface area contributed by atoms with Gasteiger partial charge in [0.15, 0.2) is 6.29 Å². The number of nitrogens with one attached hydrogen (secondary N) is 1. The predicted octanol–water partition coefficient (Wildman–Crippen LogP) is 2.56. The monoisotopic (exact) mass is 243 g/mol. The summed E-state index contributed by atoms with van der Waals surface area (Å²) in [5.74, 6) is -0.268. The van der Waals surface area contributed by atoms with E-state index in [1.165, 1.54) is 7.11 Å². The Morgan fingerprint density at radius 3 is 3.00 bits per heavy atom. The van der Waals surface area contributed by atoms with Gasteiger partial charge < -0.3 is 9.72 Å². The van der Waals surface area contributed by atoms with Gasteiger partial charge >= 0.3 is 5.97 Å². The number of carbonyl (C=O) groups excluding carboxylic acids is 2. The first kappa shape index (κ1) is 12.1. The van der Waals surface area contributed by atoms with Crippen LogP contribution in [-0.2, 0) is 9.53 Å². The molecule has 0 radical (unpaired) electrons. The lowest BCUT2D eigenvalue weighted by molar-refractivity contribution is -0.139. The summed E-state index contributed by atoms with van der Waals surface area (Å²) in [7, 11) is 1.36. The average Bonchev–Trinajstić information content (AvgIpc) is 2.80. The summed E-state index contributed by atoms with van der Waals surface area (Å²) in [4.78, 5) is 24.7. The smallest absolute Gasteiger partial charge is 0.309 e. The van der Waals surface area contributed by atoms with Crippen LogP contribution in [0.25, 0.3) is 17.0 Å². The van der Waals surface area contributed by atoms with Crippen LogP contribution in [0, 0.1) is 0 Å². The van der Waals surface area contributed by atoms with Crippen molar-refractivity contribution in [1.82, 2.24) is 4.98 Å². The minimum absolute atomic E-state index is 0.249. The molecule has 1 aromatic heterocycles. The lowest BCUT2D eigenvalue weighted by atomic mass is 10.1. The molecule has 0 fully saturated rings. The quantitative estimate of drug-likeness (QED) is 0.663. The van der Waals surface area contributed by atoms with Crippen LogP contribution < -0.4 is 0 Å². The highest BCUT2D eigenvalue weighted by Crippen LogP contribution is 2.19. The molecule has 0 saturated heterocycles. The van der Waals surface area contributed by atoms with Gasteiger partial charge in [-0.2, -0.15) is 0 Å². The van der Waals surface area contributed by atoms with Crippen molar-refractivity contribution in [3.8, 4) is 0 Å². The van der Waals surface area contributed by atoms with Crippen LogP contribution in [0.1, 0.15) is 22.3 Å². The van der Waals surface area contributed by atoms with Gasteiger partial charge in [0.2, 0.25) is 0 Å². The Morgan fingerprint density at radius 1 is 1.44 bits per heavy atom. The van der Waals surface area contributed by atoms with Gasteiger partial charge in [-0.25, -0.2) is 0 Å². The second-order valence-electron chi connectivity index (χ2n) is 3.85. The molecule has 0 amide bonds. The topological polar surface area (TPSA) is 59.2 Å². The molecule has 0 atom stereocenters. The second kappa shape index (κ2) is 5.31. The molecule has 92 valence electrons. The van der Waals surface area contributed by atoms with Gasteiger partial charge in [-0.05, 0) is 11.6 Å². The zero-order valence-corrected chi connectivity index (χ0v) is 9.97. The van der Waals surface area contributed by atoms with Gasteiger partial charge in [-0.1, -0.05) is 24.3 Å². The third kappa shape index (κ3) is 2.48. The maximum Gasteiger partial charge on any atom is 0.309 e. The van der Waals surface area contributed by atoms with E-state index in [1.54, 1.807) is 12.3 Å². The molecule has 0 spiro atoms. The van der Waals surface area contributed by atoms with Crippen LogP contribution in [0.15, 0.2) is 30.5 Å². The third-order valence-electron chi connectivity index (χ3n) is 2.69. The summed E-state index contributed by atoms with van der Waals surface area (Å²) >= 11 is 0. The highest BCUT2D eigenvalue weighted by atomic mass is 16.5. The number of H-pyrrole nitrogens is 1. The van der Waals surface area contributed by atoms with E-state index in [-0.39, 0.29) is 12.4 Å². The zero-order chi connectivity index (χ0) is 13.0. The van der Waals surface area contributed by atoms with Crippen molar-refractivity contribution in [2.75, 3.05) is 7.11 Å². The van der Waals surface area contributed by atoms with E-state index in [2.05, 4.69) is 9.72 Å². The van der Waals surface area contributed by atoms with E-state index in [1.807, 2.05) is 24.3 Å². The zero-order valence-electron chi connectivity index (χ0n) is 9.97. The van der Waals surface area contributed by atoms with Crippen LogP contribution in [0.3, 0.4) is 0 Å².